The van der Waals surface area contributed by atoms with Gasteiger partial charge >= 0.3 is 0 Å². The van der Waals surface area contributed by atoms with Gasteiger partial charge in [-0.05, 0) is 49.9 Å². The number of rotatable bonds is 7. The number of hydrazine groups is 1. The van der Waals surface area contributed by atoms with Crippen LogP contribution in [0.3, 0.4) is 0 Å². The van der Waals surface area contributed by atoms with Crippen LogP contribution in [0.25, 0.3) is 0 Å². The Balaban J connectivity index is 1.65. The smallest absolute Gasteiger partial charge is 0.243 e. The number of hydrogen-bond acceptors (Lipinski definition) is 4. The molecule has 0 spiro atoms. The molecule has 2 rings (SSSR count). The van der Waals surface area contributed by atoms with Crippen molar-refractivity contribution < 1.29 is 19.1 Å². The van der Waals surface area contributed by atoms with Crippen molar-refractivity contribution in [2.75, 3.05) is 19.7 Å². The Morgan fingerprint density at radius 2 is 2.07 bits per heavy atom. The van der Waals surface area contributed by atoms with Gasteiger partial charge in [0.15, 0.2) is 0 Å². The zero-order valence-electron chi connectivity index (χ0n) is 16.4. The molecule has 1 heterocycles. The highest BCUT2D eigenvalue weighted by Crippen LogP contribution is 2.22. The van der Waals surface area contributed by atoms with Crippen LogP contribution in [0.1, 0.15) is 44.6 Å². The van der Waals surface area contributed by atoms with E-state index in [1.807, 2.05) is 19.9 Å². The molecule has 28 heavy (non-hydrogen) atoms. The third-order valence-electron chi connectivity index (χ3n) is 4.72. The van der Waals surface area contributed by atoms with Crippen LogP contribution >= 0.6 is 11.6 Å². The molecule has 1 aliphatic rings. The molecule has 1 aliphatic heterocycles. The molecule has 0 radical (unpaired) electrons. The minimum absolute atomic E-state index is 0.0532. The minimum atomic E-state index is -0.291. The van der Waals surface area contributed by atoms with E-state index in [9.17, 15) is 14.4 Å². The van der Waals surface area contributed by atoms with Crippen molar-refractivity contribution in [2.24, 2.45) is 5.92 Å². The second-order valence-corrected chi connectivity index (χ2v) is 7.37. The molecule has 8 heteroatoms. The topological polar surface area (TPSA) is 87.7 Å². The second-order valence-electron chi connectivity index (χ2n) is 6.93. The highest BCUT2D eigenvalue weighted by Gasteiger charge is 2.27. The van der Waals surface area contributed by atoms with Crippen LogP contribution in [0, 0.1) is 12.8 Å². The molecule has 1 aromatic carbocycles. The summed E-state index contributed by atoms with van der Waals surface area (Å²) in [5.41, 5.74) is 5.85. The van der Waals surface area contributed by atoms with Gasteiger partial charge in [-0.1, -0.05) is 18.5 Å². The lowest BCUT2D eigenvalue weighted by atomic mass is 9.97. The maximum atomic E-state index is 12.2. The summed E-state index contributed by atoms with van der Waals surface area (Å²) in [6, 6.07) is 5.38. The number of likely N-dealkylation sites (tertiary alicyclic amines) is 1. The third kappa shape index (κ3) is 6.71. The fourth-order valence-electron chi connectivity index (χ4n) is 3.13. The Morgan fingerprint density at radius 3 is 2.79 bits per heavy atom. The third-order valence-corrected chi connectivity index (χ3v) is 4.95. The van der Waals surface area contributed by atoms with Crippen LogP contribution in [0.2, 0.25) is 5.02 Å². The molecule has 0 aliphatic carbocycles. The van der Waals surface area contributed by atoms with E-state index < -0.39 is 0 Å². The van der Waals surface area contributed by atoms with Gasteiger partial charge in [-0.3, -0.25) is 25.2 Å². The highest BCUT2D eigenvalue weighted by molar-refractivity contribution is 6.30. The monoisotopic (exact) mass is 409 g/mol. The van der Waals surface area contributed by atoms with Crippen molar-refractivity contribution in [1.82, 2.24) is 15.8 Å². The second kappa shape index (κ2) is 10.9. The first kappa shape index (κ1) is 22.0. The molecule has 0 aromatic heterocycles. The summed E-state index contributed by atoms with van der Waals surface area (Å²) in [4.78, 5) is 37.7. The number of ether oxygens (including phenoxy) is 1. The highest BCUT2D eigenvalue weighted by atomic mass is 35.5. The predicted octanol–water partition coefficient (Wildman–Crippen LogP) is 2.60. The van der Waals surface area contributed by atoms with Crippen molar-refractivity contribution in [3.63, 3.8) is 0 Å². The van der Waals surface area contributed by atoms with Gasteiger partial charge in [-0.15, -0.1) is 0 Å². The standard InChI is InChI=1S/C20H28ClN3O4/c1-3-19(26)24-10-4-6-15(13-24)20(27)23-22-18(25)7-5-11-28-17-9-8-16(21)12-14(17)2/h8-9,12,15H,3-7,10-11,13H2,1-2H3,(H,22,25)(H,23,27). The predicted molar refractivity (Wildman–Crippen MR) is 107 cm³/mol. The van der Waals surface area contributed by atoms with Gasteiger partial charge in [0.2, 0.25) is 17.7 Å². The Morgan fingerprint density at radius 1 is 1.29 bits per heavy atom. The van der Waals surface area contributed by atoms with Crippen LogP contribution in [-0.4, -0.2) is 42.3 Å². The molecule has 0 bridgehead atoms. The molecule has 1 fully saturated rings. The normalized spacial score (nSPS) is 16.4. The molecule has 1 atom stereocenters. The fraction of sp³-hybridized carbons (Fsp3) is 0.550. The zero-order valence-corrected chi connectivity index (χ0v) is 17.2. The molecular weight excluding hydrogens is 382 g/mol. The Labute approximate surface area is 170 Å². The number of amides is 3. The quantitative estimate of drug-likeness (QED) is 0.535. The number of halogens is 1. The molecule has 1 saturated heterocycles. The first-order valence-corrected chi connectivity index (χ1v) is 10.0. The van der Waals surface area contributed by atoms with Crippen molar-refractivity contribution in [3.05, 3.63) is 28.8 Å². The first-order valence-electron chi connectivity index (χ1n) is 9.66. The summed E-state index contributed by atoms with van der Waals surface area (Å²) in [5, 5.41) is 0.653. The number of piperidine rings is 1. The van der Waals surface area contributed by atoms with Gasteiger partial charge in [0.05, 0.1) is 12.5 Å². The van der Waals surface area contributed by atoms with E-state index in [0.29, 0.717) is 44.0 Å². The molecular formula is C20H28ClN3O4. The van der Waals surface area contributed by atoms with Crippen molar-refractivity contribution in [1.29, 1.82) is 0 Å². The molecule has 3 amide bonds. The number of benzene rings is 1. The number of carbonyl (C=O) groups is 3. The Hall–Kier alpha value is -2.28. The van der Waals surface area contributed by atoms with E-state index in [-0.39, 0.29) is 30.1 Å². The lowest BCUT2D eigenvalue weighted by Crippen LogP contribution is -2.49. The van der Waals surface area contributed by atoms with Gasteiger partial charge in [0.25, 0.3) is 0 Å². The van der Waals surface area contributed by atoms with Crippen LogP contribution in [0.4, 0.5) is 0 Å². The number of hydrogen-bond donors (Lipinski definition) is 2. The number of aryl methyl sites for hydroxylation is 1. The minimum Gasteiger partial charge on any atom is -0.493 e. The maximum absolute atomic E-state index is 12.2. The van der Waals surface area contributed by atoms with Crippen molar-refractivity contribution in [3.8, 4) is 5.75 Å². The molecule has 0 saturated carbocycles. The van der Waals surface area contributed by atoms with E-state index >= 15 is 0 Å². The van der Waals surface area contributed by atoms with Crippen LogP contribution in [-0.2, 0) is 14.4 Å². The summed E-state index contributed by atoms with van der Waals surface area (Å²) < 4.78 is 5.64. The van der Waals surface area contributed by atoms with Crippen molar-refractivity contribution in [2.45, 2.75) is 46.0 Å². The molecule has 1 aromatic rings. The van der Waals surface area contributed by atoms with E-state index in [1.165, 1.54) is 0 Å². The average Bonchev–Trinajstić information content (AvgIpc) is 2.70. The summed E-state index contributed by atoms with van der Waals surface area (Å²) in [7, 11) is 0. The van der Waals surface area contributed by atoms with E-state index in [4.69, 9.17) is 16.3 Å². The zero-order chi connectivity index (χ0) is 20.5. The van der Waals surface area contributed by atoms with Crippen LogP contribution in [0.5, 0.6) is 5.75 Å². The van der Waals surface area contributed by atoms with E-state index in [1.54, 1.807) is 17.0 Å². The van der Waals surface area contributed by atoms with Crippen LogP contribution in [0.15, 0.2) is 18.2 Å². The molecule has 1 unspecified atom stereocenters. The summed E-state index contributed by atoms with van der Waals surface area (Å²) in [5.74, 6) is -0.0307. The van der Waals surface area contributed by atoms with E-state index in [0.717, 1.165) is 17.7 Å². The van der Waals surface area contributed by atoms with E-state index in [2.05, 4.69) is 10.9 Å². The average molecular weight is 410 g/mol. The molecule has 154 valence electrons. The number of nitrogens with zero attached hydrogens (tertiary/aromatic N) is 1. The molecule has 2 N–H and O–H groups in total. The van der Waals surface area contributed by atoms with Gasteiger partial charge in [-0.2, -0.15) is 0 Å². The SMILES string of the molecule is CCC(=O)N1CCCC(C(=O)NNC(=O)CCCOc2ccc(Cl)cc2C)C1. The maximum Gasteiger partial charge on any atom is 0.243 e. The molecule has 7 nitrogen and oxygen atoms in total. The van der Waals surface area contributed by atoms with Crippen molar-refractivity contribution >= 4 is 29.3 Å². The Kier molecular flexibility index (Phi) is 8.57. The van der Waals surface area contributed by atoms with Gasteiger partial charge in [0, 0.05) is 31.0 Å². The largest absolute Gasteiger partial charge is 0.493 e. The number of nitrogens with one attached hydrogen (secondary N) is 2. The Bertz CT molecular complexity index is 711. The summed E-state index contributed by atoms with van der Waals surface area (Å²) >= 11 is 5.90. The van der Waals surface area contributed by atoms with Gasteiger partial charge < -0.3 is 9.64 Å². The fourth-order valence-corrected chi connectivity index (χ4v) is 3.35. The van der Waals surface area contributed by atoms with Gasteiger partial charge in [0.1, 0.15) is 5.75 Å². The van der Waals surface area contributed by atoms with Crippen LogP contribution < -0.4 is 15.6 Å². The lowest BCUT2D eigenvalue weighted by Gasteiger charge is -2.31. The number of carbonyl (C=O) groups excluding carboxylic acids is 3. The lowest BCUT2D eigenvalue weighted by molar-refractivity contribution is -0.137. The van der Waals surface area contributed by atoms with Gasteiger partial charge in [-0.25, -0.2) is 0 Å². The first-order chi connectivity index (χ1) is 13.4. The summed E-state index contributed by atoms with van der Waals surface area (Å²) in [6.07, 6.45) is 2.69. The summed E-state index contributed by atoms with van der Waals surface area (Å²) in [6.45, 7) is 5.20.